The van der Waals surface area contributed by atoms with Crippen molar-refractivity contribution in [3.8, 4) is 17.1 Å². The van der Waals surface area contributed by atoms with E-state index in [1.807, 2.05) is 36.1 Å². The van der Waals surface area contributed by atoms with E-state index in [4.69, 9.17) is 9.26 Å². The quantitative estimate of drug-likeness (QED) is 0.868. The summed E-state index contributed by atoms with van der Waals surface area (Å²) in [5, 5.41) is 4.08. The van der Waals surface area contributed by atoms with E-state index in [-0.39, 0.29) is 11.8 Å². The van der Waals surface area contributed by atoms with E-state index < -0.39 is 0 Å². The molecule has 1 amide bonds. The number of nitrogens with zero attached hydrogens (tertiary/aromatic N) is 3. The van der Waals surface area contributed by atoms with Crippen LogP contribution in [-0.4, -0.2) is 41.1 Å². The van der Waals surface area contributed by atoms with Crippen LogP contribution in [0.25, 0.3) is 11.4 Å². The van der Waals surface area contributed by atoms with E-state index in [1.165, 1.54) is 0 Å². The van der Waals surface area contributed by atoms with Crippen molar-refractivity contribution >= 4 is 5.91 Å². The molecule has 2 heterocycles. The second-order valence-electron chi connectivity index (χ2n) is 5.72. The zero-order chi connectivity index (χ0) is 16.2. The molecule has 1 aromatic heterocycles. The molecule has 1 atom stereocenters. The van der Waals surface area contributed by atoms with Crippen molar-refractivity contribution in [3.05, 3.63) is 30.2 Å². The molecule has 0 unspecified atom stereocenters. The number of likely N-dealkylation sites (tertiary alicyclic amines) is 1. The molecule has 0 spiro atoms. The van der Waals surface area contributed by atoms with E-state index in [9.17, 15) is 4.79 Å². The maximum atomic E-state index is 11.9. The predicted octanol–water partition coefficient (Wildman–Crippen LogP) is 2.86. The monoisotopic (exact) mass is 315 g/mol. The van der Waals surface area contributed by atoms with E-state index >= 15 is 0 Å². The number of hydrogen-bond donors (Lipinski definition) is 0. The highest BCUT2D eigenvalue weighted by molar-refractivity contribution is 5.76. The summed E-state index contributed by atoms with van der Waals surface area (Å²) in [4.78, 5) is 18.3. The summed E-state index contributed by atoms with van der Waals surface area (Å²) in [6.07, 6.45) is 2.46. The van der Waals surface area contributed by atoms with Gasteiger partial charge in [0.1, 0.15) is 5.75 Å². The molecule has 122 valence electrons. The molecular weight excluding hydrogens is 294 g/mol. The molecule has 1 aromatic carbocycles. The van der Waals surface area contributed by atoms with Crippen molar-refractivity contribution in [1.82, 2.24) is 15.0 Å². The van der Waals surface area contributed by atoms with Gasteiger partial charge in [-0.15, -0.1) is 0 Å². The standard InChI is InChI=1S/C17H21N3O3/c1-3-15(21)20-9-5-7-13(11-20)17-18-16(19-23-17)12-6-4-8-14(10-12)22-2/h4,6,8,10,13H,3,5,7,9,11H2,1-2H3/t13-/m1/s1. The topological polar surface area (TPSA) is 68.5 Å². The summed E-state index contributed by atoms with van der Waals surface area (Å²) in [5.74, 6) is 2.22. The molecule has 6 heteroatoms. The average molecular weight is 315 g/mol. The van der Waals surface area contributed by atoms with Gasteiger partial charge in [-0.1, -0.05) is 24.2 Å². The normalized spacial score (nSPS) is 18.0. The van der Waals surface area contributed by atoms with Crippen LogP contribution in [0.4, 0.5) is 0 Å². The minimum Gasteiger partial charge on any atom is -0.497 e. The largest absolute Gasteiger partial charge is 0.497 e. The number of piperidine rings is 1. The Morgan fingerprint density at radius 1 is 1.48 bits per heavy atom. The van der Waals surface area contributed by atoms with Gasteiger partial charge >= 0.3 is 0 Å². The Balaban J connectivity index is 1.77. The maximum Gasteiger partial charge on any atom is 0.231 e. The Hall–Kier alpha value is -2.37. The molecular formula is C17H21N3O3. The Bertz CT molecular complexity index is 683. The molecule has 1 aliphatic rings. The van der Waals surface area contributed by atoms with Gasteiger partial charge in [0.25, 0.3) is 0 Å². The zero-order valence-electron chi connectivity index (χ0n) is 13.5. The van der Waals surface area contributed by atoms with Crippen LogP contribution in [0.2, 0.25) is 0 Å². The minimum absolute atomic E-state index is 0.117. The first-order chi connectivity index (χ1) is 11.2. The maximum absolute atomic E-state index is 11.9. The highest BCUT2D eigenvalue weighted by Crippen LogP contribution is 2.28. The summed E-state index contributed by atoms with van der Waals surface area (Å²) in [5.41, 5.74) is 0.858. The van der Waals surface area contributed by atoms with Crippen molar-refractivity contribution in [2.45, 2.75) is 32.1 Å². The van der Waals surface area contributed by atoms with Crippen LogP contribution in [0, 0.1) is 0 Å². The molecule has 0 N–H and O–H groups in total. The lowest BCUT2D eigenvalue weighted by molar-refractivity contribution is -0.132. The van der Waals surface area contributed by atoms with Crippen LogP contribution in [0.1, 0.15) is 38.0 Å². The second kappa shape index (κ2) is 6.81. The number of methoxy groups -OCH3 is 1. The van der Waals surface area contributed by atoms with Gasteiger partial charge in [-0.2, -0.15) is 4.98 Å². The third kappa shape index (κ3) is 3.36. The Kier molecular flexibility index (Phi) is 4.60. The van der Waals surface area contributed by atoms with Crippen LogP contribution in [0.5, 0.6) is 5.75 Å². The van der Waals surface area contributed by atoms with Gasteiger partial charge < -0.3 is 14.2 Å². The van der Waals surface area contributed by atoms with Gasteiger partial charge in [-0.3, -0.25) is 4.79 Å². The lowest BCUT2D eigenvalue weighted by Crippen LogP contribution is -2.38. The lowest BCUT2D eigenvalue weighted by atomic mass is 9.97. The van der Waals surface area contributed by atoms with Crippen molar-refractivity contribution < 1.29 is 14.1 Å². The fraction of sp³-hybridized carbons (Fsp3) is 0.471. The summed E-state index contributed by atoms with van der Waals surface area (Å²) >= 11 is 0. The Morgan fingerprint density at radius 3 is 3.13 bits per heavy atom. The summed E-state index contributed by atoms with van der Waals surface area (Å²) in [6.45, 7) is 3.37. The molecule has 23 heavy (non-hydrogen) atoms. The van der Waals surface area contributed by atoms with Crippen molar-refractivity contribution in [2.75, 3.05) is 20.2 Å². The van der Waals surface area contributed by atoms with E-state index in [0.717, 1.165) is 30.7 Å². The summed E-state index contributed by atoms with van der Waals surface area (Å²) in [6, 6.07) is 7.57. The van der Waals surface area contributed by atoms with Crippen LogP contribution < -0.4 is 4.74 Å². The first-order valence-electron chi connectivity index (χ1n) is 7.97. The molecule has 1 aliphatic heterocycles. The molecule has 1 fully saturated rings. The number of amides is 1. The molecule has 2 aromatic rings. The zero-order valence-corrected chi connectivity index (χ0v) is 13.5. The number of hydrogen-bond acceptors (Lipinski definition) is 5. The van der Waals surface area contributed by atoms with Gasteiger partial charge in [-0.25, -0.2) is 0 Å². The third-order valence-corrected chi connectivity index (χ3v) is 4.20. The van der Waals surface area contributed by atoms with Crippen molar-refractivity contribution in [2.24, 2.45) is 0 Å². The molecule has 3 rings (SSSR count). The number of ether oxygens (including phenoxy) is 1. The minimum atomic E-state index is 0.117. The Labute approximate surface area is 135 Å². The first-order valence-corrected chi connectivity index (χ1v) is 7.97. The number of rotatable bonds is 4. The van der Waals surface area contributed by atoms with Crippen LogP contribution in [0.15, 0.2) is 28.8 Å². The number of benzene rings is 1. The fourth-order valence-electron chi connectivity index (χ4n) is 2.91. The van der Waals surface area contributed by atoms with Gasteiger partial charge in [0.05, 0.1) is 13.0 Å². The van der Waals surface area contributed by atoms with Crippen LogP contribution >= 0.6 is 0 Å². The number of aromatic nitrogens is 2. The summed E-state index contributed by atoms with van der Waals surface area (Å²) < 4.78 is 10.7. The number of carbonyl (C=O) groups excluding carboxylic acids is 1. The van der Waals surface area contributed by atoms with E-state index in [2.05, 4.69) is 10.1 Å². The molecule has 1 saturated heterocycles. The fourth-order valence-corrected chi connectivity index (χ4v) is 2.91. The first kappa shape index (κ1) is 15.5. The summed E-state index contributed by atoms with van der Waals surface area (Å²) in [7, 11) is 1.63. The van der Waals surface area contributed by atoms with Gasteiger partial charge in [0.2, 0.25) is 17.6 Å². The molecule has 0 aliphatic carbocycles. The highest BCUT2D eigenvalue weighted by Gasteiger charge is 2.28. The predicted molar refractivity (Wildman–Crippen MR) is 85.1 cm³/mol. The smallest absolute Gasteiger partial charge is 0.231 e. The third-order valence-electron chi connectivity index (χ3n) is 4.20. The van der Waals surface area contributed by atoms with Gasteiger partial charge in [0.15, 0.2) is 0 Å². The average Bonchev–Trinajstić information content (AvgIpc) is 3.11. The van der Waals surface area contributed by atoms with E-state index in [1.54, 1.807) is 7.11 Å². The van der Waals surface area contributed by atoms with Gasteiger partial charge in [0, 0.05) is 25.1 Å². The highest BCUT2D eigenvalue weighted by atomic mass is 16.5. The van der Waals surface area contributed by atoms with Gasteiger partial charge in [-0.05, 0) is 25.0 Å². The van der Waals surface area contributed by atoms with Crippen molar-refractivity contribution in [1.29, 1.82) is 0 Å². The van der Waals surface area contributed by atoms with E-state index in [0.29, 0.717) is 24.7 Å². The Morgan fingerprint density at radius 2 is 2.35 bits per heavy atom. The van der Waals surface area contributed by atoms with Crippen molar-refractivity contribution in [3.63, 3.8) is 0 Å². The van der Waals surface area contributed by atoms with Crippen LogP contribution in [-0.2, 0) is 4.79 Å². The second-order valence-corrected chi connectivity index (χ2v) is 5.72. The molecule has 0 bridgehead atoms. The number of carbonyl (C=O) groups is 1. The molecule has 0 radical (unpaired) electrons. The van der Waals surface area contributed by atoms with Crippen LogP contribution in [0.3, 0.4) is 0 Å². The lowest BCUT2D eigenvalue weighted by Gasteiger charge is -2.30. The molecule has 6 nitrogen and oxygen atoms in total. The molecule has 0 saturated carbocycles. The SMILES string of the molecule is CCC(=O)N1CCC[C@@H](c2nc(-c3cccc(OC)c3)no2)C1.